The van der Waals surface area contributed by atoms with Crippen molar-refractivity contribution in [3.8, 4) is 0 Å². The monoisotopic (exact) mass is 176 g/mol. The molecule has 0 aromatic carbocycles. The van der Waals surface area contributed by atoms with Crippen molar-refractivity contribution in [2.75, 3.05) is 13.1 Å². The van der Waals surface area contributed by atoms with Gasteiger partial charge in [0.05, 0.1) is 0 Å². The third kappa shape index (κ3) is 0.983. The average molecular weight is 176 g/mol. The first-order valence-electron chi connectivity index (χ1n) is 5.24. The van der Waals surface area contributed by atoms with Gasteiger partial charge in [-0.3, -0.25) is 4.90 Å². The minimum Gasteiger partial charge on any atom is -0.354 e. The van der Waals surface area contributed by atoms with Crippen molar-refractivity contribution in [1.82, 2.24) is 9.47 Å². The highest BCUT2D eigenvalue weighted by atomic mass is 15.2. The molecule has 0 bridgehead atoms. The summed E-state index contributed by atoms with van der Waals surface area (Å²) in [6.45, 7) is 2.59. The Kier molecular flexibility index (Phi) is 1.53. The first-order chi connectivity index (χ1) is 6.36. The van der Waals surface area contributed by atoms with Crippen molar-refractivity contribution in [3.63, 3.8) is 0 Å². The highest BCUT2D eigenvalue weighted by Gasteiger charge is 2.31. The zero-order valence-corrected chi connectivity index (χ0v) is 8.16. The van der Waals surface area contributed by atoms with Gasteiger partial charge in [0.2, 0.25) is 0 Å². The van der Waals surface area contributed by atoms with Crippen LogP contribution in [-0.4, -0.2) is 22.6 Å². The van der Waals surface area contributed by atoms with E-state index in [-0.39, 0.29) is 0 Å². The fraction of sp³-hybridized carbons (Fsp3) is 0.636. The van der Waals surface area contributed by atoms with Gasteiger partial charge in [0.1, 0.15) is 0 Å². The Morgan fingerprint density at radius 1 is 1.38 bits per heavy atom. The maximum Gasteiger partial charge on any atom is 0.0366 e. The highest BCUT2D eigenvalue weighted by Crippen LogP contribution is 2.37. The SMILES string of the molecule is Cn1ccc2c1CCN1CCCC21. The minimum absolute atomic E-state index is 0.755. The number of aromatic nitrogens is 1. The highest BCUT2D eigenvalue weighted by molar-refractivity contribution is 5.29. The molecule has 2 nitrogen and oxygen atoms in total. The van der Waals surface area contributed by atoms with Gasteiger partial charge in [0.15, 0.2) is 0 Å². The number of hydrogen-bond donors (Lipinski definition) is 0. The van der Waals surface area contributed by atoms with Crippen LogP contribution in [0.3, 0.4) is 0 Å². The lowest BCUT2D eigenvalue weighted by Gasteiger charge is -2.30. The van der Waals surface area contributed by atoms with Crippen LogP contribution in [0.25, 0.3) is 0 Å². The van der Waals surface area contributed by atoms with Gasteiger partial charge in [0.25, 0.3) is 0 Å². The topological polar surface area (TPSA) is 8.17 Å². The lowest BCUT2D eigenvalue weighted by molar-refractivity contribution is 0.241. The molecular weight excluding hydrogens is 160 g/mol. The summed E-state index contributed by atoms with van der Waals surface area (Å²) in [5.74, 6) is 0. The standard InChI is InChI=1S/C11H16N2/c1-12-7-4-9-10(12)5-8-13-6-2-3-11(9)13/h4,7,11H,2-3,5-6,8H2,1H3. The summed E-state index contributed by atoms with van der Waals surface area (Å²) < 4.78 is 2.30. The van der Waals surface area contributed by atoms with Crippen molar-refractivity contribution in [3.05, 3.63) is 23.5 Å². The Balaban J connectivity index is 2.06. The molecule has 1 unspecified atom stereocenters. The van der Waals surface area contributed by atoms with Gasteiger partial charge in [0, 0.05) is 37.9 Å². The van der Waals surface area contributed by atoms with E-state index in [1.54, 1.807) is 11.3 Å². The van der Waals surface area contributed by atoms with Crippen LogP contribution in [-0.2, 0) is 13.5 Å². The summed E-state index contributed by atoms with van der Waals surface area (Å²) in [6, 6.07) is 3.07. The van der Waals surface area contributed by atoms with Crippen molar-refractivity contribution < 1.29 is 0 Å². The molecule has 70 valence electrons. The molecule has 0 radical (unpaired) electrons. The van der Waals surface area contributed by atoms with E-state index in [0.29, 0.717) is 0 Å². The van der Waals surface area contributed by atoms with Crippen molar-refractivity contribution in [2.45, 2.75) is 25.3 Å². The van der Waals surface area contributed by atoms with E-state index >= 15 is 0 Å². The van der Waals surface area contributed by atoms with E-state index in [2.05, 4.69) is 28.8 Å². The van der Waals surface area contributed by atoms with Crippen LogP contribution in [0.4, 0.5) is 0 Å². The zero-order valence-electron chi connectivity index (χ0n) is 8.16. The van der Waals surface area contributed by atoms with Crippen LogP contribution in [0, 0.1) is 0 Å². The number of rotatable bonds is 0. The summed E-state index contributed by atoms with van der Waals surface area (Å²) >= 11 is 0. The summed E-state index contributed by atoms with van der Waals surface area (Å²) in [7, 11) is 2.17. The molecule has 0 amide bonds. The summed E-state index contributed by atoms with van der Waals surface area (Å²) in [5, 5.41) is 0. The molecule has 0 N–H and O–H groups in total. The lowest BCUT2D eigenvalue weighted by atomic mass is 9.99. The molecule has 3 rings (SSSR count). The van der Waals surface area contributed by atoms with Crippen molar-refractivity contribution in [2.24, 2.45) is 7.05 Å². The van der Waals surface area contributed by atoms with Gasteiger partial charge in [-0.1, -0.05) is 0 Å². The second-order valence-electron chi connectivity index (χ2n) is 4.27. The summed E-state index contributed by atoms with van der Waals surface area (Å²) in [4.78, 5) is 2.64. The minimum atomic E-state index is 0.755. The molecule has 13 heavy (non-hydrogen) atoms. The van der Waals surface area contributed by atoms with Crippen molar-refractivity contribution in [1.29, 1.82) is 0 Å². The second-order valence-corrected chi connectivity index (χ2v) is 4.27. The van der Waals surface area contributed by atoms with E-state index in [4.69, 9.17) is 0 Å². The van der Waals surface area contributed by atoms with Crippen LogP contribution >= 0.6 is 0 Å². The van der Waals surface area contributed by atoms with Gasteiger partial charge in [-0.2, -0.15) is 0 Å². The molecule has 0 saturated carbocycles. The first-order valence-corrected chi connectivity index (χ1v) is 5.24. The van der Waals surface area contributed by atoms with Crippen molar-refractivity contribution >= 4 is 0 Å². The average Bonchev–Trinajstić information content (AvgIpc) is 2.70. The molecule has 3 heterocycles. The van der Waals surface area contributed by atoms with Crippen LogP contribution in [0.5, 0.6) is 0 Å². The predicted octanol–water partition coefficient (Wildman–Crippen LogP) is 1.72. The number of fused-ring (bicyclic) bond motifs is 3. The number of hydrogen-bond acceptors (Lipinski definition) is 1. The molecule has 2 heteroatoms. The third-order valence-corrected chi connectivity index (χ3v) is 3.60. The normalized spacial score (nSPS) is 27.3. The molecular formula is C11H16N2. The van der Waals surface area contributed by atoms with Crippen LogP contribution in [0.1, 0.15) is 30.1 Å². The Morgan fingerprint density at radius 2 is 2.31 bits per heavy atom. The fourth-order valence-electron chi connectivity index (χ4n) is 2.90. The molecule has 1 fully saturated rings. The smallest absolute Gasteiger partial charge is 0.0366 e. The number of nitrogens with zero attached hydrogens (tertiary/aromatic N) is 2. The summed E-state index contributed by atoms with van der Waals surface area (Å²) in [5.41, 5.74) is 3.18. The van der Waals surface area contributed by atoms with Gasteiger partial charge < -0.3 is 4.57 Å². The molecule has 1 atom stereocenters. The van der Waals surface area contributed by atoms with Gasteiger partial charge in [-0.05, 0) is 31.0 Å². The van der Waals surface area contributed by atoms with Crippen LogP contribution < -0.4 is 0 Å². The lowest BCUT2D eigenvalue weighted by Crippen LogP contribution is -2.31. The van der Waals surface area contributed by atoms with E-state index in [9.17, 15) is 0 Å². The second kappa shape index (κ2) is 2.61. The Bertz CT molecular complexity index is 327. The first kappa shape index (κ1) is 7.63. The maximum absolute atomic E-state index is 2.64. The Morgan fingerprint density at radius 3 is 3.23 bits per heavy atom. The van der Waals surface area contributed by atoms with Crippen LogP contribution in [0.2, 0.25) is 0 Å². The number of aryl methyl sites for hydroxylation is 1. The van der Waals surface area contributed by atoms with Gasteiger partial charge in [-0.25, -0.2) is 0 Å². The molecule has 1 saturated heterocycles. The molecule has 0 aliphatic carbocycles. The molecule has 1 aromatic rings. The van der Waals surface area contributed by atoms with Crippen LogP contribution in [0.15, 0.2) is 12.3 Å². The maximum atomic E-state index is 2.64. The largest absolute Gasteiger partial charge is 0.354 e. The van der Waals surface area contributed by atoms with E-state index in [0.717, 1.165) is 6.04 Å². The van der Waals surface area contributed by atoms with Gasteiger partial charge >= 0.3 is 0 Å². The fourth-order valence-corrected chi connectivity index (χ4v) is 2.90. The van der Waals surface area contributed by atoms with Gasteiger partial charge in [-0.15, -0.1) is 0 Å². The Labute approximate surface area is 79.2 Å². The van der Waals surface area contributed by atoms with E-state index in [1.165, 1.54) is 32.4 Å². The predicted molar refractivity (Wildman–Crippen MR) is 52.7 cm³/mol. The molecule has 0 spiro atoms. The zero-order chi connectivity index (χ0) is 8.84. The Hall–Kier alpha value is -0.760. The molecule has 2 aliphatic rings. The van der Waals surface area contributed by atoms with E-state index in [1.807, 2.05) is 0 Å². The molecule has 2 aliphatic heterocycles. The molecule has 1 aromatic heterocycles. The summed E-state index contributed by atoms with van der Waals surface area (Å²) in [6.07, 6.45) is 6.22. The third-order valence-electron chi connectivity index (χ3n) is 3.60. The quantitative estimate of drug-likeness (QED) is 0.584. The van der Waals surface area contributed by atoms with E-state index < -0.39 is 0 Å².